The number of hydrogen-bond acceptors (Lipinski definition) is 6. The average molecular weight is 365 g/mol. The van der Waals surface area contributed by atoms with Crippen LogP contribution in [0.2, 0.25) is 0 Å². The van der Waals surface area contributed by atoms with Gasteiger partial charge < -0.3 is 24.8 Å². The van der Waals surface area contributed by atoms with Crippen LogP contribution in [0.15, 0.2) is 0 Å². The van der Waals surface area contributed by atoms with Crippen LogP contribution in [0, 0.1) is 0 Å². The molecule has 6 heteroatoms. The molecule has 0 bridgehead atoms. The van der Waals surface area contributed by atoms with Gasteiger partial charge in [0, 0.05) is 12.4 Å². The minimum absolute atomic E-state index is 0.267. The largest absolute Gasteiger partial charge is 0.388 e. The van der Waals surface area contributed by atoms with Crippen LogP contribution >= 0.6 is 12.6 Å². The van der Waals surface area contributed by atoms with E-state index in [2.05, 4.69) is 19.6 Å². The van der Waals surface area contributed by atoms with E-state index in [-0.39, 0.29) is 5.75 Å². The van der Waals surface area contributed by atoms with Crippen LogP contribution in [0.5, 0.6) is 0 Å². The highest BCUT2D eigenvalue weighted by molar-refractivity contribution is 7.80. The van der Waals surface area contributed by atoms with E-state index in [1.54, 1.807) is 0 Å². The third kappa shape index (κ3) is 8.02. The molecular weight excluding hydrogens is 328 g/mol. The van der Waals surface area contributed by atoms with Gasteiger partial charge in [0.25, 0.3) is 0 Å². The van der Waals surface area contributed by atoms with Crippen LogP contribution in [0.3, 0.4) is 0 Å². The first-order valence-electron chi connectivity index (χ1n) is 9.54. The van der Waals surface area contributed by atoms with E-state index in [9.17, 15) is 15.3 Å². The van der Waals surface area contributed by atoms with E-state index in [0.717, 1.165) is 12.8 Å². The van der Waals surface area contributed by atoms with Crippen molar-refractivity contribution in [2.45, 2.75) is 102 Å². The van der Waals surface area contributed by atoms with Crippen LogP contribution < -0.4 is 0 Å². The Morgan fingerprint density at radius 3 is 1.88 bits per heavy atom. The first kappa shape index (κ1) is 22.2. The number of hydrogen-bond donors (Lipinski definition) is 4. The van der Waals surface area contributed by atoms with Gasteiger partial charge in [-0.2, -0.15) is 12.6 Å². The van der Waals surface area contributed by atoms with Crippen molar-refractivity contribution >= 4 is 12.6 Å². The molecule has 0 unspecified atom stereocenters. The Labute approximate surface area is 152 Å². The summed E-state index contributed by atoms with van der Waals surface area (Å²) in [4.78, 5) is 0. The molecule has 0 spiro atoms. The Balaban J connectivity index is 2.02. The summed E-state index contributed by atoms with van der Waals surface area (Å²) in [6.07, 6.45) is 7.36. The zero-order chi connectivity index (χ0) is 17.8. The molecule has 3 N–H and O–H groups in total. The van der Waals surface area contributed by atoms with Gasteiger partial charge in [0.05, 0.1) is 6.10 Å². The van der Waals surface area contributed by atoms with E-state index in [0.29, 0.717) is 6.61 Å². The van der Waals surface area contributed by atoms with Crippen LogP contribution in [0.1, 0.15) is 71.1 Å². The van der Waals surface area contributed by atoms with Gasteiger partial charge in [-0.15, -0.1) is 0 Å². The Morgan fingerprint density at radius 2 is 1.33 bits per heavy atom. The Morgan fingerprint density at radius 1 is 0.792 bits per heavy atom. The molecule has 0 aromatic carbocycles. The maximum Gasteiger partial charge on any atom is 0.186 e. The normalized spacial score (nSPS) is 30.6. The number of thiol groups is 1. The molecule has 1 rings (SSSR count). The maximum atomic E-state index is 9.90. The highest BCUT2D eigenvalue weighted by Gasteiger charge is 2.43. The summed E-state index contributed by atoms with van der Waals surface area (Å²) in [7, 11) is 0. The van der Waals surface area contributed by atoms with E-state index in [1.807, 2.05) is 0 Å². The predicted octanol–water partition coefficient (Wildman–Crippen LogP) is 2.66. The van der Waals surface area contributed by atoms with E-state index < -0.39 is 30.7 Å². The smallest absolute Gasteiger partial charge is 0.186 e. The van der Waals surface area contributed by atoms with E-state index in [1.165, 1.54) is 51.4 Å². The average Bonchev–Trinajstić information content (AvgIpc) is 2.59. The van der Waals surface area contributed by atoms with Gasteiger partial charge in [-0.3, -0.25) is 0 Å². The van der Waals surface area contributed by atoms with Crippen molar-refractivity contribution in [1.29, 1.82) is 0 Å². The second kappa shape index (κ2) is 13.4. The summed E-state index contributed by atoms with van der Waals surface area (Å²) < 4.78 is 11.0. The highest BCUT2D eigenvalue weighted by Crippen LogP contribution is 2.23. The lowest BCUT2D eigenvalue weighted by atomic mass is 10.00. The van der Waals surface area contributed by atoms with Gasteiger partial charge in [0.15, 0.2) is 6.29 Å². The molecule has 1 heterocycles. The number of aliphatic hydroxyl groups is 3. The molecule has 24 heavy (non-hydrogen) atoms. The first-order valence-corrected chi connectivity index (χ1v) is 10.2. The summed E-state index contributed by atoms with van der Waals surface area (Å²) in [5, 5.41) is 29.4. The zero-order valence-corrected chi connectivity index (χ0v) is 15.9. The molecule has 1 fully saturated rings. The molecule has 0 radical (unpaired) electrons. The van der Waals surface area contributed by atoms with Crippen molar-refractivity contribution in [2.75, 3.05) is 12.4 Å². The Hall–Kier alpha value is 0.150. The number of ether oxygens (including phenoxy) is 2. The minimum Gasteiger partial charge on any atom is -0.388 e. The number of rotatable bonds is 13. The lowest BCUT2D eigenvalue weighted by Gasteiger charge is -2.39. The van der Waals surface area contributed by atoms with Crippen molar-refractivity contribution in [3.63, 3.8) is 0 Å². The monoisotopic (exact) mass is 364 g/mol. The van der Waals surface area contributed by atoms with Gasteiger partial charge in [-0.1, -0.05) is 64.7 Å². The third-order valence-corrected chi connectivity index (χ3v) is 4.99. The fourth-order valence-corrected chi connectivity index (χ4v) is 3.30. The summed E-state index contributed by atoms with van der Waals surface area (Å²) in [6, 6.07) is 0. The van der Waals surface area contributed by atoms with Gasteiger partial charge in [0.1, 0.15) is 18.3 Å². The lowest BCUT2D eigenvalue weighted by molar-refractivity contribution is -0.292. The predicted molar refractivity (Wildman–Crippen MR) is 98.3 cm³/mol. The van der Waals surface area contributed by atoms with Gasteiger partial charge >= 0.3 is 0 Å². The molecule has 1 aliphatic rings. The molecule has 1 saturated heterocycles. The molecule has 0 aromatic heterocycles. The molecule has 0 aliphatic carbocycles. The van der Waals surface area contributed by atoms with E-state index in [4.69, 9.17) is 9.47 Å². The topological polar surface area (TPSA) is 79.2 Å². The SMILES string of the molecule is CCCCCCCCCCCCO[C@@H]1O[C@H](CS)[C@H](O)[C@H](O)[C@H]1O. The summed E-state index contributed by atoms with van der Waals surface area (Å²) in [6.45, 7) is 2.72. The molecule has 0 amide bonds. The number of aliphatic hydroxyl groups excluding tert-OH is 3. The molecule has 0 saturated carbocycles. The van der Waals surface area contributed by atoms with Crippen molar-refractivity contribution < 1.29 is 24.8 Å². The minimum atomic E-state index is -1.26. The fraction of sp³-hybridized carbons (Fsp3) is 1.00. The summed E-state index contributed by atoms with van der Waals surface area (Å²) >= 11 is 4.08. The van der Waals surface area contributed by atoms with Crippen molar-refractivity contribution in [3.8, 4) is 0 Å². The molecule has 5 atom stereocenters. The van der Waals surface area contributed by atoms with E-state index >= 15 is 0 Å². The molecule has 0 aromatic rings. The van der Waals surface area contributed by atoms with Crippen molar-refractivity contribution in [3.05, 3.63) is 0 Å². The Kier molecular flexibility index (Phi) is 12.4. The second-order valence-electron chi connectivity index (χ2n) is 6.75. The van der Waals surface area contributed by atoms with Crippen LogP contribution in [-0.4, -0.2) is 58.4 Å². The molecule has 144 valence electrons. The lowest BCUT2D eigenvalue weighted by Crippen LogP contribution is -2.58. The fourth-order valence-electron chi connectivity index (χ4n) is 2.99. The second-order valence-corrected chi connectivity index (χ2v) is 7.12. The zero-order valence-electron chi connectivity index (χ0n) is 15.0. The third-order valence-electron chi connectivity index (χ3n) is 4.63. The van der Waals surface area contributed by atoms with Gasteiger partial charge in [-0.25, -0.2) is 0 Å². The summed E-state index contributed by atoms with van der Waals surface area (Å²) in [5.41, 5.74) is 0. The van der Waals surface area contributed by atoms with Crippen LogP contribution in [-0.2, 0) is 9.47 Å². The summed E-state index contributed by atoms with van der Waals surface area (Å²) in [5.74, 6) is 0.267. The molecule has 1 aliphatic heterocycles. The molecular formula is C18H36O5S. The van der Waals surface area contributed by atoms with Crippen molar-refractivity contribution in [1.82, 2.24) is 0 Å². The van der Waals surface area contributed by atoms with Crippen LogP contribution in [0.4, 0.5) is 0 Å². The quantitative estimate of drug-likeness (QED) is 0.298. The number of unbranched alkanes of at least 4 members (excludes halogenated alkanes) is 9. The van der Waals surface area contributed by atoms with Crippen molar-refractivity contribution in [2.24, 2.45) is 0 Å². The Bertz CT molecular complexity index is 303. The maximum absolute atomic E-state index is 9.90. The highest BCUT2D eigenvalue weighted by atomic mass is 32.1. The van der Waals surface area contributed by atoms with Gasteiger partial charge in [0.2, 0.25) is 0 Å². The van der Waals surface area contributed by atoms with Gasteiger partial charge in [-0.05, 0) is 6.42 Å². The first-order chi connectivity index (χ1) is 11.6. The molecule has 5 nitrogen and oxygen atoms in total. The van der Waals surface area contributed by atoms with Crippen LogP contribution in [0.25, 0.3) is 0 Å². The standard InChI is InChI=1S/C18H36O5S/c1-2-3-4-5-6-7-8-9-10-11-12-22-18-17(21)16(20)15(19)14(13-24)23-18/h14-21,24H,2-13H2,1H3/t14-,15+,16+,17-,18-/m1/s1.